The average Bonchev–Trinajstić information content (AvgIpc) is 2.79. The third-order valence-electron chi connectivity index (χ3n) is 3.22. The molecule has 0 aliphatic heterocycles. The van der Waals surface area contributed by atoms with Gasteiger partial charge >= 0.3 is 0 Å². The fraction of sp³-hybridized carbons (Fsp3) is 0.133. The molecule has 0 aliphatic rings. The molecule has 6 heteroatoms. The van der Waals surface area contributed by atoms with Gasteiger partial charge in [-0.15, -0.1) is 0 Å². The maximum Gasteiger partial charge on any atom is 0.141 e. The summed E-state index contributed by atoms with van der Waals surface area (Å²) in [4.78, 5) is 4.52. The molecule has 3 rings (SSSR count). The summed E-state index contributed by atoms with van der Waals surface area (Å²) in [6.07, 6.45) is 0. The van der Waals surface area contributed by atoms with Gasteiger partial charge < -0.3 is 9.67 Å². The molecule has 0 spiro atoms. The first kappa shape index (κ1) is 14.3. The van der Waals surface area contributed by atoms with Crippen molar-refractivity contribution in [1.82, 2.24) is 9.55 Å². The molecule has 1 aromatic heterocycles. The summed E-state index contributed by atoms with van der Waals surface area (Å²) in [5.41, 5.74) is 2.21. The Labute approximate surface area is 130 Å². The van der Waals surface area contributed by atoms with Crippen molar-refractivity contribution >= 4 is 34.2 Å². The maximum absolute atomic E-state index is 13.1. The first-order valence-electron chi connectivity index (χ1n) is 6.32. The van der Waals surface area contributed by atoms with Crippen LogP contribution in [0.15, 0.2) is 36.4 Å². The molecule has 108 valence electrons. The van der Waals surface area contributed by atoms with E-state index in [2.05, 4.69) is 4.98 Å². The van der Waals surface area contributed by atoms with Gasteiger partial charge in [-0.05, 0) is 36.4 Å². The second-order valence-corrected chi connectivity index (χ2v) is 5.39. The zero-order chi connectivity index (χ0) is 15.0. The lowest BCUT2D eigenvalue weighted by molar-refractivity contribution is 0.278. The van der Waals surface area contributed by atoms with E-state index in [9.17, 15) is 9.50 Å². The smallest absolute Gasteiger partial charge is 0.141 e. The van der Waals surface area contributed by atoms with Crippen molar-refractivity contribution in [3.8, 4) is 11.4 Å². The molecule has 0 fully saturated rings. The molecule has 0 atom stereocenters. The van der Waals surface area contributed by atoms with Crippen LogP contribution >= 0.6 is 23.2 Å². The maximum atomic E-state index is 13.1. The third kappa shape index (κ3) is 2.62. The summed E-state index contributed by atoms with van der Waals surface area (Å²) in [6.45, 7) is 0.321. The fourth-order valence-electron chi connectivity index (χ4n) is 2.27. The van der Waals surface area contributed by atoms with E-state index in [1.807, 2.05) is 4.57 Å². The summed E-state index contributed by atoms with van der Waals surface area (Å²) in [7, 11) is 0. The number of aliphatic hydroxyl groups is 1. The number of hydrogen-bond donors (Lipinski definition) is 1. The Balaban J connectivity index is 2.25. The van der Waals surface area contributed by atoms with Crippen LogP contribution in [0.25, 0.3) is 22.4 Å². The van der Waals surface area contributed by atoms with Gasteiger partial charge in [-0.1, -0.05) is 23.2 Å². The van der Waals surface area contributed by atoms with Crippen LogP contribution in [0.5, 0.6) is 0 Å². The van der Waals surface area contributed by atoms with Gasteiger partial charge in [0.25, 0.3) is 0 Å². The van der Waals surface area contributed by atoms with Gasteiger partial charge in [0.15, 0.2) is 0 Å². The van der Waals surface area contributed by atoms with E-state index >= 15 is 0 Å². The first-order valence-corrected chi connectivity index (χ1v) is 7.08. The lowest BCUT2D eigenvalue weighted by Crippen LogP contribution is -2.04. The van der Waals surface area contributed by atoms with Crippen molar-refractivity contribution in [2.24, 2.45) is 0 Å². The van der Waals surface area contributed by atoms with Crippen molar-refractivity contribution in [3.63, 3.8) is 0 Å². The molecule has 3 aromatic rings. The van der Waals surface area contributed by atoms with Crippen LogP contribution in [0.4, 0.5) is 4.39 Å². The number of aliphatic hydroxyl groups excluding tert-OH is 1. The summed E-state index contributed by atoms with van der Waals surface area (Å²) < 4.78 is 14.9. The van der Waals surface area contributed by atoms with E-state index in [-0.39, 0.29) is 12.4 Å². The Morgan fingerprint density at radius 3 is 2.43 bits per heavy atom. The van der Waals surface area contributed by atoms with Gasteiger partial charge in [0.2, 0.25) is 0 Å². The van der Waals surface area contributed by atoms with Crippen molar-refractivity contribution < 1.29 is 9.50 Å². The molecule has 1 heterocycles. The number of imidazole rings is 1. The lowest BCUT2D eigenvalue weighted by Gasteiger charge is -2.07. The topological polar surface area (TPSA) is 38.0 Å². The molecule has 21 heavy (non-hydrogen) atoms. The Bertz CT molecular complexity index is 800. The van der Waals surface area contributed by atoms with Crippen LogP contribution in [0.2, 0.25) is 10.0 Å². The van der Waals surface area contributed by atoms with Crippen LogP contribution in [0.1, 0.15) is 0 Å². The van der Waals surface area contributed by atoms with Gasteiger partial charge in [-0.2, -0.15) is 0 Å². The zero-order valence-corrected chi connectivity index (χ0v) is 12.4. The Kier molecular flexibility index (Phi) is 3.85. The summed E-state index contributed by atoms with van der Waals surface area (Å²) >= 11 is 12.1. The minimum atomic E-state index is -0.311. The van der Waals surface area contributed by atoms with Crippen molar-refractivity contribution in [1.29, 1.82) is 0 Å². The molecule has 0 bridgehead atoms. The van der Waals surface area contributed by atoms with Crippen molar-refractivity contribution in [2.75, 3.05) is 6.61 Å². The Morgan fingerprint density at radius 2 is 1.76 bits per heavy atom. The molecule has 2 aromatic carbocycles. The lowest BCUT2D eigenvalue weighted by atomic mass is 10.2. The van der Waals surface area contributed by atoms with Crippen LogP contribution in [-0.4, -0.2) is 21.3 Å². The standard InChI is InChI=1S/C15H11Cl2FN2O/c16-11-7-13-14(8-12(11)17)20(5-6-21)15(19-13)9-1-3-10(18)4-2-9/h1-4,7-8,21H,5-6H2. The predicted octanol–water partition coefficient (Wildman–Crippen LogP) is 4.14. The van der Waals surface area contributed by atoms with E-state index < -0.39 is 0 Å². The molecular weight excluding hydrogens is 314 g/mol. The second kappa shape index (κ2) is 5.64. The van der Waals surface area contributed by atoms with E-state index in [1.54, 1.807) is 24.3 Å². The highest BCUT2D eigenvalue weighted by Crippen LogP contribution is 2.31. The average molecular weight is 325 g/mol. The van der Waals surface area contributed by atoms with Crippen molar-refractivity contribution in [3.05, 3.63) is 52.3 Å². The van der Waals surface area contributed by atoms with Crippen LogP contribution in [0, 0.1) is 5.82 Å². The second-order valence-electron chi connectivity index (χ2n) is 4.57. The Hall–Kier alpha value is -1.62. The number of halogens is 3. The largest absolute Gasteiger partial charge is 0.395 e. The fourth-order valence-corrected chi connectivity index (χ4v) is 2.58. The number of fused-ring (bicyclic) bond motifs is 1. The minimum absolute atomic E-state index is 0.0418. The van der Waals surface area contributed by atoms with Crippen LogP contribution < -0.4 is 0 Å². The predicted molar refractivity (Wildman–Crippen MR) is 82.2 cm³/mol. The van der Waals surface area contributed by atoms with Gasteiger partial charge in [-0.25, -0.2) is 9.37 Å². The highest BCUT2D eigenvalue weighted by Gasteiger charge is 2.14. The van der Waals surface area contributed by atoms with E-state index in [0.29, 0.717) is 27.9 Å². The molecule has 0 amide bonds. The monoisotopic (exact) mass is 324 g/mol. The van der Waals surface area contributed by atoms with Gasteiger partial charge in [0.1, 0.15) is 11.6 Å². The SMILES string of the molecule is OCCn1c(-c2ccc(F)cc2)nc2cc(Cl)c(Cl)cc21. The minimum Gasteiger partial charge on any atom is -0.395 e. The van der Waals surface area contributed by atoms with E-state index in [0.717, 1.165) is 11.1 Å². The molecule has 0 saturated carbocycles. The summed E-state index contributed by atoms with van der Waals surface area (Å²) in [5.74, 6) is 0.326. The third-order valence-corrected chi connectivity index (χ3v) is 3.94. The number of aromatic nitrogens is 2. The first-order chi connectivity index (χ1) is 10.1. The number of hydrogen-bond acceptors (Lipinski definition) is 2. The number of benzene rings is 2. The normalized spacial score (nSPS) is 11.2. The van der Waals surface area contributed by atoms with Gasteiger partial charge in [0.05, 0.1) is 27.7 Å². The summed E-state index contributed by atoms with van der Waals surface area (Å²) in [6, 6.07) is 9.44. The quantitative estimate of drug-likeness (QED) is 0.786. The van der Waals surface area contributed by atoms with Crippen molar-refractivity contribution in [2.45, 2.75) is 6.54 Å². The highest BCUT2D eigenvalue weighted by molar-refractivity contribution is 6.42. The molecule has 0 saturated heterocycles. The molecule has 0 aliphatic carbocycles. The van der Waals surface area contributed by atoms with Gasteiger partial charge in [0, 0.05) is 12.1 Å². The molecule has 0 unspecified atom stereocenters. The Morgan fingerprint density at radius 1 is 1.10 bits per heavy atom. The van der Waals surface area contributed by atoms with Gasteiger partial charge in [-0.3, -0.25) is 0 Å². The molecular formula is C15H11Cl2FN2O. The van der Waals surface area contributed by atoms with E-state index in [4.69, 9.17) is 23.2 Å². The summed E-state index contributed by atoms with van der Waals surface area (Å²) in [5, 5.41) is 10.1. The van der Waals surface area contributed by atoms with Crippen LogP contribution in [0.3, 0.4) is 0 Å². The molecule has 1 N–H and O–H groups in total. The number of nitrogens with zero attached hydrogens (tertiary/aromatic N) is 2. The van der Waals surface area contributed by atoms with E-state index in [1.165, 1.54) is 12.1 Å². The highest BCUT2D eigenvalue weighted by atomic mass is 35.5. The number of rotatable bonds is 3. The molecule has 0 radical (unpaired) electrons. The zero-order valence-electron chi connectivity index (χ0n) is 10.9. The molecule has 3 nitrogen and oxygen atoms in total. The van der Waals surface area contributed by atoms with Crippen LogP contribution in [-0.2, 0) is 6.54 Å².